The Morgan fingerprint density at radius 1 is 1.10 bits per heavy atom. The molecule has 3 aromatic carbocycles. The van der Waals surface area contributed by atoms with Crippen LogP contribution in [0.1, 0.15) is 57.5 Å². The Balaban J connectivity index is 1.19. The van der Waals surface area contributed by atoms with Crippen molar-refractivity contribution in [3.63, 3.8) is 0 Å². The van der Waals surface area contributed by atoms with Crippen molar-refractivity contribution in [2.75, 3.05) is 11.9 Å². The van der Waals surface area contributed by atoms with E-state index in [1.165, 1.54) is 35.6 Å². The van der Waals surface area contributed by atoms with Gasteiger partial charge in [0.25, 0.3) is 5.91 Å². The number of hydrogen-bond acceptors (Lipinski definition) is 5. The number of anilines is 1. The summed E-state index contributed by atoms with van der Waals surface area (Å²) >= 11 is 0. The zero-order chi connectivity index (χ0) is 26.9. The molecule has 0 radical (unpaired) electrons. The Bertz CT molecular complexity index is 1530. The number of benzene rings is 3. The number of nitrogens with one attached hydrogen (secondary N) is 1. The van der Waals surface area contributed by atoms with Crippen LogP contribution < -0.4 is 10.1 Å². The van der Waals surface area contributed by atoms with Gasteiger partial charge in [-0.2, -0.15) is 0 Å². The highest BCUT2D eigenvalue weighted by atomic mass is 19.1. The maximum Gasteiger partial charge on any atom is 0.277 e. The van der Waals surface area contributed by atoms with Gasteiger partial charge in [-0.15, -0.1) is 0 Å². The first-order chi connectivity index (χ1) is 18.9. The standard InChI is InChI=1S/C31H28FN3O4/c1-19-5-7-21(8-6-19)29-26-16-25(12-11-20(26)13-14-35(29)31(37)22-9-10-22)38-18-28-34-27(17-39-28)30(36)33-24-4-2-3-23(32)15-24/h2-8,11-12,15-17,22,29H,9-10,13-14,18H2,1H3,(H,33,36). The van der Waals surface area contributed by atoms with Gasteiger partial charge in [0.2, 0.25) is 11.8 Å². The minimum atomic E-state index is -0.509. The van der Waals surface area contributed by atoms with Crippen LogP contribution in [0.15, 0.2) is 77.4 Å². The minimum absolute atomic E-state index is 0.0198. The Labute approximate surface area is 225 Å². The fraction of sp³-hybridized carbons (Fsp3) is 0.258. The molecule has 1 fully saturated rings. The average Bonchev–Trinajstić information content (AvgIpc) is 3.68. The van der Waals surface area contributed by atoms with Gasteiger partial charge in [0.15, 0.2) is 12.3 Å². The second-order valence-corrected chi connectivity index (χ2v) is 10.1. The Kier molecular flexibility index (Phi) is 6.60. The number of rotatable bonds is 7. The monoisotopic (exact) mass is 525 g/mol. The molecular formula is C31H28FN3O4. The molecule has 1 unspecified atom stereocenters. The van der Waals surface area contributed by atoms with Crippen molar-refractivity contribution in [1.29, 1.82) is 0 Å². The normalized spacial score (nSPS) is 16.5. The predicted octanol–water partition coefficient (Wildman–Crippen LogP) is 5.84. The minimum Gasteiger partial charge on any atom is -0.484 e. The Hall–Kier alpha value is -4.46. The first-order valence-electron chi connectivity index (χ1n) is 13.1. The van der Waals surface area contributed by atoms with Gasteiger partial charge in [-0.05, 0) is 73.2 Å². The van der Waals surface area contributed by atoms with E-state index < -0.39 is 11.7 Å². The predicted molar refractivity (Wildman–Crippen MR) is 143 cm³/mol. The Morgan fingerprint density at radius 2 is 1.92 bits per heavy atom. The molecule has 0 spiro atoms. The third-order valence-corrected chi connectivity index (χ3v) is 7.18. The SMILES string of the molecule is Cc1ccc(C2c3cc(OCc4nc(C(=O)Nc5cccc(F)c5)co4)ccc3CCN2C(=O)C2CC2)cc1. The molecule has 1 N–H and O–H groups in total. The molecule has 1 atom stereocenters. The van der Waals surface area contributed by atoms with Gasteiger partial charge in [-0.1, -0.05) is 42.0 Å². The maximum absolute atomic E-state index is 13.4. The van der Waals surface area contributed by atoms with Crippen molar-refractivity contribution in [2.24, 2.45) is 5.92 Å². The van der Waals surface area contributed by atoms with Gasteiger partial charge >= 0.3 is 0 Å². The lowest BCUT2D eigenvalue weighted by Crippen LogP contribution is -2.41. The lowest BCUT2D eigenvalue weighted by molar-refractivity contribution is -0.134. The number of oxazole rings is 1. The van der Waals surface area contributed by atoms with Crippen molar-refractivity contribution in [2.45, 2.75) is 38.8 Å². The molecule has 0 bridgehead atoms. The third-order valence-electron chi connectivity index (χ3n) is 7.18. The number of aromatic nitrogens is 1. The zero-order valence-corrected chi connectivity index (χ0v) is 21.5. The smallest absolute Gasteiger partial charge is 0.277 e. The van der Waals surface area contributed by atoms with Crippen LogP contribution in [0.5, 0.6) is 5.75 Å². The number of aryl methyl sites for hydroxylation is 1. The molecule has 2 aliphatic rings. The van der Waals surface area contributed by atoms with Crippen LogP contribution in [0.2, 0.25) is 0 Å². The van der Waals surface area contributed by atoms with Crippen molar-refractivity contribution in [3.8, 4) is 5.75 Å². The van der Waals surface area contributed by atoms with Crippen molar-refractivity contribution in [1.82, 2.24) is 9.88 Å². The molecule has 0 saturated heterocycles. The highest BCUT2D eigenvalue weighted by Crippen LogP contribution is 2.41. The van der Waals surface area contributed by atoms with Crippen LogP contribution in [-0.2, 0) is 17.8 Å². The Morgan fingerprint density at radius 3 is 2.69 bits per heavy atom. The first kappa shape index (κ1) is 24.9. The van der Waals surface area contributed by atoms with Gasteiger partial charge in [0.05, 0.1) is 6.04 Å². The molecule has 1 aliphatic carbocycles. The van der Waals surface area contributed by atoms with E-state index in [9.17, 15) is 14.0 Å². The molecule has 4 aromatic rings. The number of carbonyl (C=O) groups excluding carboxylic acids is 2. The van der Waals surface area contributed by atoms with E-state index in [1.54, 1.807) is 6.07 Å². The van der Waals surface area contributed by atoms with Crippen LogP contribution in [0.25, 0.3) is 0 Å². The summed E-state index contributed by atoms with van der Waals surface area (Å²) in [6.45, 7) is 2.76. The highest BCUT2D eigenvalue weighted by Gasteiger charge is 2.39. The summed E-state index contributed by atoms with van der Waals surface area (Å²) in [6.07, 6.45) is 3.96. The molecule has 8 heteroatoms. The van der Waals surface area contributed by atoms with Crippen LogP contribution in [0, 0.1) is 18.7 Å². The average molecular weight is 526 g/mol. The second-order valence-electron chi connectivity index (χ2n) is 10.1. The second kappa shape index (κ2) is 10.4. The largest absolute Gasteiger partial charge is 0.484 e. The highest BCUT2D eigenvalue weighted by molar-refractivity contribution is 6.02. The lowest BCUT2D eigenvalue weighted by atomic mass is 9.87. The van der Waals surface area contributed by atoms with Crippen LogP contribution in [0.3, 0.4) is 0 Å². The van der Waals surface area contributed by atoms with E-state index in [0.717, 1.165) is 30.4 Å². The molecule has 2 amide bonds. The van der Waals surface area contributed by atoms with Crippen LogP contribution >= 0.6 is 0 Å². The molecule has 1 saturated carbocycles. The van der Waals surface area contributed by atoms with E-state index in [2.05, 4.69) is 47.6 Å². The van der Waals surface area contributed by atoms with E-state index in [1.807, 2.05) is 17.0 Å². The zero-order valence-electron chi connectivity index (χ0n) is 21.5. The summed E-state index contributed by atoms with van der Waals surface area (Å²) in [4.78, 5) is 31.9. The van der Waals surface area contributed by atoms with Gasteiger partial charge in [0, 0.05) is 18.2 Å². The number of carbonyl (C=O) groups is 2. The maximum atomic E-state index is 13.4. The molecular weight excluding hydrogens is 497 g/mol. The number of hydrogen-bond donors (Lipinski definition) is 1. The fourth-order valence-corrected chi connectivity index (χ4v) is 4.98. The summed E-state index contributed by atoms with van der Waals surface area (Å²) in [7, 11) is 0. The molecule has 2 heterocycles. The quantitative estimate of drug-likeness (QED) is 0.328. The molecule has 1 aliphatic heterocycles. The first-order valence-corrected chi connectivity index (χ1v) is 13.1. The summed E-state index contributed by atoms with van der Waals surface area (Å²) in [5.74, 6) is 0.258. The molecule has 7 nitrogen and oxygen atoms in total. The van der Waals surface area contributed by atoms with Gasteiger partial charge in [-0.25, -0.2) is 9.37 Å². The topological polar surface area (TPSA) is 84.7 Å². The van der Waals surface area contributed by atoms with E-state index in [-0.39, 0.29) is 36.1 Å². The summed E-state index contributed by atoms with van der Waals surface area (Å²) in [5, 5.41) is 2.60. The molecule has 198 valence electrons. The van der Waals surface area contributed by atoms with Gasteiger partial charge < -0.3 is 19.4 Å². The van der Waals surface area contributed by atoms with E-state index in [4.69, 9.17) is 9.15 Å². The number of nitrogens with zero attached hydrogens (tertiary/aromatic N) is 2. The number of fused-ring (bicyclic) bond motifs is 1. The molecule has 6 rings (SSSR count). The van der Waals surface area contributed by atoms with E-state index in [0.29, 0.717) is 18.0 Å². The van der Waals surface area contributed by atoms with Gasteiger partial charge in [0.1, 0.15) is 17.8 Å². The van der Waals surface area contributed by atoms with Crippen LogP contribution in [-0.4, -0.2) is 28.2 Å². The summed E-state index contributed by atoms with van der Waals surface area (Å²) < 4.78 is 24.8. The van der Waals surface area contributed by atoms with Crippen molar-refractivity contribution >= 4 is 17.5 Å². The number of halogens is 1. The number of ether oxygens (including phenoxy) is 1. The third kappa shape index (κ3) is 5.41. The lowest BCUT2D eigenvalue weighted by Gasteiger charge is -2.38. The van der Waals surface area contributed by atoms with Crippen LogP contribution in [0.4, 0.5) is 10.1 Å². The summed E-state index contributed by atoms with van der Waals surface area (Å²) in [6, 6.07) is 19.7. The van der Waals surface area contributed by atoms with Crippen molar-refractivity contribution in [3.05, 3.63) is 113 Å². The van der Waals surface area contributed by atoms with Gasteiger partial charge in [-0.3, -0.25) is 9.59 Å². The molecule has 1 aromatic heterocycles. The fourth-order valence-electron chi connectivity index (χ4n) is 4.98. The number of amides is 2. The summed E-state index contributed by atoms with van der Waals surface area (Å²) in [5.41, 5.74) is 4.89. The van der Waals surface area contributed by atoms with E-state index >= 15 is 0 Å². The molecule has 39 heavy (non-hydrogen) atoms. The van der Waals surface area contributed by atoms with Crippen molar-refractivity contribution < 1.29 is 23.1 Å².